The number of carbonyl (C=O) groups excluding carboxylic acids is 2. The summed E-state index contributed by atoms with van der Waals surface area (Å²) in [7, 11) is 1.56. The lowest BCUT2D eigenvalue weighted by Crippen LogP contribution is -2.30. The third kappa shape index (κ3) is 3.66. The summed E-state index contributed by atoms with van der Waals surface area (Å²) in [6, 6.07) is 21.2. The van der Waals surface area contributed by atoms with Gasteiger partial charge >= 0.3 is 0 Å². The number of nitrogens with zero attached hydrogens (tertiary/aromatic N) is 1. The number of amides is 1. The van der Waals surface area contributed by atoms with Crippen molar-refractivity contribution in [3.05, 3.63) is 101 Å². The summed E-state index contributed by atoms with van der Waals surface area (Å²) in [5.74, 6) is -0.961. The number of Topliss-reactive ketones (excluding diaryl/α,β-unsaturated/α-hetero) is 1. The fourth-order valence-corrected chi connectivity index (χ4v) is 4.10. The number of hydrogen-bond acceptors (Lipinski definition) is 4. The Morgan fingerprint density at radius 2 is 1.72 bits per heavy atom. The summed E-state index contributed by atoms with van der Waals surface area (Å²) in [5.41, 5.74) is 3.84. The van der Waals surface area contributed by atoms with Gasteiger partial charge in [-0.3, -0.25) is 14.5 Å². The van der Waals surface area contributed by atoms with E-state index in [2.05, 4.69) is 0 Å². The molecule has 3 aromatic rings. The fraction of sp³-hybridized carbons (Fsp3) is 0.185. The second-order valence-electron chi connectivity index (χ2n) is 7.78. The van der Waals surface area contributed by atoms with Gasteiger partial charge < -0.3 is 9.84 Å². The van der Waals surface area contributed by atoms with Gasteiger partial charge in [-0.25, -0.2) is 0 Å². The number of ether oxygens (including phenoxy) is 1. The van der Waals surface area contributed by atoms with Crippen LogP contribution in [0.15, 0.2) is 78.4 Å². The molecule has 3 aromatic carbocycles. The molecule has 1 heterocycles. The number of carbonyl (C=O) groups is 2. The van der Waals surface area contributed by atoms with Crippen molar-refractivity contribution in [3.8, 4) is 5.75 Å². The molecule has 1 aliphatic heterocycles. The third-order valence-corrected chi connectivity index (χ3v) is 5.86. The average Bonchev–Trinajstić information content (AvgIpc) is 3.09. The van der Waals surface area contributed by atoms with E-state index in [1.807, 2.05) is 62.4 Å². The Kier molecular flexibility index (Phi) is 5.82. The Balaban J connectivity index is 1.95. The van der Waals surface area contributed by atoms with Crippen LogP contribution in [0.2, 0.25) is 0 Å². The van der Waals surface area contributed by atoms with Crippen LogP contribution in [0.3, 0.4) is 0 Å². The van der Waals surface area contributed by atoms with E-state index in [4.69, 9.17) is 4.74 Å². The summed E-state index contributed by atoms with van der Waals surface area (Å²) in [5, 5.41) is 11.2. The van der Waals surface area contributed by atoms with Gasteiger partial charge in [0, 0.05) is 11.3 Å². The zero-order chi connectivity index (χ0) is 22.8. The molecule has 1 atom stereocenters. The highest BCUT2D eigenvalue weighted by Crippen LogP contribution is 2.43. The molecule has 4 rings (SSSR count). The second kappa shape index (κ2) is 8.71. The maximum atomic E-state index is 13.2. The summed E-state index contributed by atoms with van der Waals surface area (Å²) >= 11 is 0. The van der Waals surface area contributed by atoms with E-state index < -0.39 is 17.7 Å². The van der Waals surface area contributed by atoms with E-state index in [0.29, 0.717) is 22.6 Å². The Bertz CT molecular complexity index is 1210. The van der Waals surface area contributed by atoms with E-state index in [0.717, 1.165) is 17.5 Å². The maximum Gasteiger partial charge on any atom is 0.300 e. The summed E-state index contributed by atoms with van der Waals surface area (Å²) in [6.45, 7) is 3.94. The Morgan fingerprint density at radius 3 is 2.38 bits per heavy atom. The van der Waals surface area contributed by atoms with Crippen molar-refractivity contribution in [2.45, 2.75) is 26.3 Å². The number of para-hydroxylation sites is 1. The molecule has 32 heavy (non-hydrogen) atoms. The van der Waals surface area contributed by atoms with Gasteiger partial charge in [-0.15, -0.1) is 0 Å². The van der Waals surface area contributed by atoms with Crippen LogP contribution in [0.5, 0.6) is 5.75 Å². The van der Waals surface area contributed by atoms with E-state index in [1.165, 1.54) is 4.90 Å². The van der Waals surface area contributed by atoms with Crippen LogP contribution in [-0.2, 0) is 16.0 Å². The smallest absolute Gasteiger partial charge is 0.300 e. The first-order chi connectivity index (χ1) is 15.5. The lowest BCUT2D eigenvalue weighted by Gasteiger charge is -2.27. The molecular weight excluding hydrogens is 402 g/mol. The molecular formula is C27H25NO4. The van der Waals surface area contributed by atoms with Crippen molar-refractivity contribution in [1.29, 1.82) is 0 Å². The van der Waals surface area contributed by atoms with Gasteiger partial charge in [-0.05, 0) is 48.2 Å². The topological polar surface area (TPSA) is 66.8 Å². The molecule has 1 N–H and O–H groups in total. The van der Waals surface area contributed by atoms with Gasteiger partial charge in [0.05, 0.1) is 18.7 Å². The number of benzene rings is 3. The highest BCUT2D eigenvalue weighted by Gasteiger charge is 2.47. The number of methoxy groups -OCH3 is 1. The van der Waals surface area contributed by atoms with Crippen LogP contribution >= 0.6 is 0 Å². The first-order valence-electron chi connectivity index (χ1n) is 10.6. The number of aliphatic hydroxyl groups excluding tert-OH is 1. The van der Waals surface area contributed by atoms with Crippen molar-refractivity contribution >= 4 is 23.1 Å². The first kappa shape index (κ1) is 21.4. The molecule has 0 radical (unpaired) electrons. The molecule has 0 bridgehead atoms. The van der Waals surface area contributed by atoms with Crippen LogP contribution in [-0.4, -0.2) is 23.9 Å². The fourth-order valence-electron chi connectivity index (χ4n) is 4.10. The molecule has 0 saturated carbocycles. The lowest BCUT2D eigenvalue weighted by molar-refractivity contribution is -0.132. The van der Waals surface area contributed by atoms with E-state index in [-0.39, 0.29) is 11.3 Å². The van der Waals surface area contributed by atoms with Crippen molar-refractivity contribution in [2.24, 2.45) is 0 Å². The molecule has 1 unspecified atom stereocenters. The summed E-state index contributed by atoms with van der Waals surface area (Å²) in [4.78, 5) is 27.9. The minimum Gasteiger partial charge on any atom is -0.507 e. The van der Waals surface area contributed by atoms with Gasteiger partial charge in [0.15, 0.2) is 0 Å². The van der Waals surface area contributed by atoms with Crippen LogP contribution in [0.1, 0.15) is 35.2 Å². The molecule has 0 aromatic heterocycles. The quantitative estimate of drug-likeness (QED) is 0.346. The Morgan fingerprint density at radius 1 is 1.00 bits per heavy atom. The van der Waals surface area contributed by atoms with Crippen LogP contribution in [0.4, 0.5) is 5.69 Å². The molecule has 1 saturated heterocycles. The maximum absolute atomic E-state index is 13.2. The largest absolute Gasteiger partial charge is 0.507 e. The second-order valence-corrected chi connectivity index (χ2v) is 7.78. The minimum atomic E-state index is -0.781. The zero-order valence-electron chi connectivity index (χ0n) is 18.3. The van der Waals surface area contributed by atoms with Crippen molar-refractivity contribution < 1.29 is 19.4 Å². The van der Waals surface area contributed by atoms with Gasteiger partial charge in [0.25, 0.3) is 11.7 Å². The Labute approximate surface area is 187 Å². The standard InChI is InChI=1S/C27H25NO4/c1-4-18-12-14-19(15-13-18)25(29)23-24(20-9-7-10-21(16-20)32-3)28(27(31)26(23)30)22-11-6-5-8-17(22)2/h5-16,24,29H,4H2,1-3H3/b25-23-. The van der Waals surface area contributed by atoms with E-state index in [1.54, 1.807) is 31.4 Å². The number of anilines is 1. The van der Waals surface area contributed by atoms with Gasteiger partial charge in [0.2, 0.25) is 0 Å². The SMILES string of the molecule is CCc1ccc(/C(O)=C2/C(=O)C(=O)N(c3ccccc3C)C2c2cccc(OC)c2)cc1. The molecule has 1 aliphatic rings. The summed E-state index contributed by atoms with van der Waals surface area (Å²) in [6.07, 6.45) is 0.864. The molecule has 5 heteroatoms. The van der Waals surface area contributed by atoms with E-state index in [9.17, 15) is 14.7 Å². The molecule has 162 valence electrons. The number of aryl methyl sites for hydroxylation is 2. The van der Waals surface area contributed by atoms with Crippen LogP contribution in [0, 0.1) is 6.92 Å². The predicted octanol–water partition coefficient (Wildman–Crippen LogP) is 5.19. The molecule has 1 amide bonds. The van der Waals surface area contributed by atoms with Crippen LogP contribution in [0.25, 0.3) is 5.76 Å². The highest BCUT2D eigenvalue weighted by atomic mass is 16.5. The molecule has 0 spiro atoms. The van der Waals surface area contributed by atoms with E-state index >= 15 is 0 Å². The van der Waals surface area contributed by atoms with Gasteiger partial charge in [-0.2, -0.15) is 0 Å². The molecule has 5 nitrogen and oxygen atoms in total. The number of ketones is 1. The van der Waals surface area contributed by atoms with Gasteiger partial charge in [-0.1, -0.05) is 61.5 Å². The number of hydrogen-bond donors (Lipinski definition) is 1. The van der Waals surface area contributed by atoms with Crippen LogP contribution < -0.4 is 9.64 Å². The van der Waals surface area contributed by atoms with Crippen molar-refractivity contribution in [2.75, 3.05) is 12.0 Å². The zero-order valence-corrected chi connectivity index (χ0v) is 18.3. The van der Waals surface area contributed by atoms with Crippen molar-refractivity contribution in [1.82, 2.24) is 0 Å². The highest BCUT2D eigenvalue weighted by molar-refractivity contribution is 6.51. The normalized spacial score (nSPS) is 17.6. The lowest BCUT2D eigenvalue weighted by atomic mass is 9.94. The molecule has 0 aliphatic carbocycles. The minimum absolute atomic E-state index is 0.0655. The monoisotopic (exact) mass is 427 g/mol. The first-order valence-corrected chi connectivity index (χ1v) is 10.6. The average molecular weight is 428 g/mol. The van der Waals surface area contributed by atoms with Crippen molar-refractivity contribution in [3.63, 3.8) is 0 Å². The van der Waals surface area contributed by atoms with Gasteiger partial charge in [0.1, 0.15) is 11.5 Å². The molecule has 1 fully saturated rings. The predicted molar refractivity (Wildman–Crippen MR) is 125 cm³/mol. The third-order valence-electron chi connectivity index (χ3n) is 5.86. The summed E-state index contributed by atoms with van der Waals surface area (Å²) < 4.78 is 5.37. The number of aliphatic hydroxyl groups is 1. The Hall–Kier alpha value is -3.86. The number of rotatable bonds is 5.